The Morgan fingerprint density at radius 1 is 1.29 bits per heavy atom. The van der Waals surface area contributed by atoms with Gasteiger partial charge in [0.2, 0.25) is 5.95 Å². The lowest BCUT2D eigenvalue weighted by atomic mass is 9.96. The first-order valence-corrected chi connectivity index (χ1v) is 7.84. The minimum atomic E-state index is -0.980. The summed E-state index contributed by atoms with van der Waals surface area (Å²) in [5.74, 6) is -0.250. The molecule has 0 atom stereocenters. The SMILES string of the molecule is COc1c(-c2cc(C(=O)O)ccc2C)cc2cnc(N)nc2c1Br. The van der Waals surface area contributed by atoms with Gasteiger partial charge in [0.05, 0.1) is 22.7 Å². The fourth-order valence-corrected chi connectivity index (χ4v) is 3.27. The summed E-state index contributed by atoms with van der Waals surface area (Å²) in [5, 5.41) is 10.0. The quantitative estimate of drug-likeness (QED) is 0.711. The molecule has 3 aromatic rings. The van der Waals surface area contributed by atoms with E-state index in [1.807, 2.05) is 13.0 Å². The molecular formula is C17H14BrN3O3. The van der Waals surface area contributed by atoms with Gasteiger partial charge in [-0.05, 0) is 52.2 Å². The largest absolute Gasteiger partial charge is 0.495 e. The van der Waals surface area contributed by atoms with Crippen LogP contribution >= 0.6 is 15.9 Å². The van der Waals surface area contributed by atoms with Crippen LogP contribution in [0.25, 0.3) is 22.0 Å². The molecule has 0 saturated heterocycles. The Morgan fingerprint density at radius 2 is 2.04 bits per heavy atom. The molecule has 0 aliphatic heterocycles. The van der Waals surface area contributed by atoms with Crippen LogP contribution in [0.2, 0.25) is 0 Å². The number of nitrogens with zero attached hydrogens (tertiary/aromatic N) is 2. The molecule has 7 heteroatoms. The van der Waals surface area contributed by atoms with Crippen LogP contribution in [-0.4, -0.2) is 28.2 Å². The zero-order chi connectivity index (χ0) is 17.4. The predicted molar refractivity (Wildman–Crippen MR) is 95.3 cm³/mol. The zero-order valence-electron chi connectivity index (χ0n) is 13.0. The van der Waals surface area contributed by atoms with E-state index in [0.717, 1.165) is 22.1 Å². The molecule has 0 spiro atoms. The number of aromatic carboxylic acids is 1. The third-order valence-corrected chi connectivity index (χ3v) is 4.50. The average molecular weight is 388 g/mol. The third-order valence-electron chi connectivity index (χ3n) is 3.77. The van der Waals surface area contributed by atoms with E-state index in [0.29, 0.717) is 15.7 Å². The number of fused-ring (bicyclic) bond motifs is 1. The number of carboxylic acids is 1. The molecule has 2 aromatic carbocycles. The number of methoxy groups -OCH3 is 1. The summed E-state index contributed by atoms with van der Waals surface area (Å²) < 4.78 is 6.18. The van der Waals surface area contributed by atoms with Crippen LogP contribution in [0.15, 0.2) is 34.9 Å². The molecule has 1 heterocycles. The second kappa shape index (κ2) is 6.09. The fraction of sp³-hybridized carbons (Fsp3) is 0.118. The lowest BCUT2D eigenvalue weighted by Gasteiger charge is -2.15. The highest BCUT2D eigenvalue weighted by atomic mass is 79.9. The molecule has 0 unspecified atom stereocenters. The summed E-state index contributed by atoms with van der Waals surface area (Å²) in [6.07, 6.45) is 1.63. The van der Waals surface area contributed by atoms with Crippen molar-refractivity contribution >= 4 is 38.8 Å². The summed E-state index contributed by atoms with van der Waals surface area (Å²) in [5.41, 5.74) is 8.96. The number of anilines is 1. The number of benzene rings is 2. The van der Waals surface area contributed by atoms with Gasteiger partial charge < -0.3 is 15.6 Å². The summed E-state index contributed by atoms with van der Waals surface area (Å²) in [7, 11) is 1.55. The molecule has 0 aliphatic rings. The smallest absolute Gasteiger partial charge is 0.335 e. The van der Waals surface area contributed by atoms with Crippen LogP contribution in [0.4, 0.5) is 5.95 Å². The van der Waals surface area contributed by atoms with E-state index in [9.17, 15) is 9.90 Å². The Hall–Kier alpha value is -2.67. The maximum absolute atomic E-state index is 11.3. The summed E-state index contributed by atoms with van der Waals surface area (Å²) in [6, 6.07) is 6.85. The Kier molecular flexibility index (Phi) is 4.11. The minimum Gasteiger partial charge on any atom is -0.495 e. The van der Waals surface area contributed by atoms with Gasteiger partial charge in [0.25, 0.3) is 0 Å². The van der Waals surface area contributed by atoms with E-state index in [2.05, 4.69) is 25.9 Å². The Morgan fingerprint density at radius 3 is 2.71 bits per heavy atom. The molecular weight excluding hydrogens is 374 g/mol. The molecule has 3 N–H and O–H groups in total. The number of carboxylic acid groups (broad SMARTS) is 1. The van der Waals surface area contributed by atoms with Gasteiger partial charge >= 0.3 is 5.97 Å². The number of hydrogen-bond donors (Lipinski definition) is 2. The number of aryl methyl sites for hydroxylation is 1. The first kappa shape index (κ1) is 16.2. The number of aromatic nitrogens is 2. The number of nitrogen functional groups attached to an aromatic ring is 1. The van der Waals surface area contributed by atoms with Crippen molar-refractivity contribution in [2.75, 3.05) is 12.8 Å². The molecule has 24 heavy (non-hydrogen) atoms. The van der Waals surface area contributed by atoms with Gasteiger partial charge in [-0.1, -0.05) is 6.07 Å². The second-order valence-corrected chi connectivity index (χ2v) is 6.07. The van der Waals surface area contributed by atoms with Gasteiger partial charge in [0, 0.05) is 17.1 Å². The summed E-state index contributed by atoms with van der Waals surface area (Å²) in [6.45, 7) is 1.91. The van der Waals surface area contributed by atoms with Gasteiger partial charge in [-0.25, -0.2) is 14.8 Å². The van der Waals surface area contributed by atoms with Gasteiger partial charge in [0.1, 0.15) is 5.75 Å². The molecule has 0 bridgehead atoms. The van der Waals surface area contributed by atoms with Crippen LogP contribution in [0.3, 0.4) is 0 Å². The number of carbonyl (C=O) groups is 1. The topological polar surface area (TPSA) is 98.3 Å². The number of halogens is 1. The van der Waals surface area contributed by atoms with Crippen molar-refractivity contribution in [1.29, 1.82) is 0 Å². The van der Waals surface area contributed by atoms with Crippen molar-refractivity contribution in [3.63, 3.8) is 0 Å². The number of hydrogen-bond acceptors (Lipinski definition) is 5. The van der Waals surface area contributed by atoms with Gasteiger partial charge in [-0.3, -0.25) is 0 Å². The van der Waals surface area contributed by atoms with E-state index in [1.165, 1.54) is 0 Å². The lowest BCUT2D eigenvalue weighted by molar-refractivity contribution is 0.0697. The number of rotatable bonds is 3. The molecule has 0 radical (unpaired) electrons. The summed E-state index contributed by atoms with van der Waals surface area (Å²) in [4.78, 5) is 19.5. The zero-order valence-corrected chi connectivity index (χ0v) is 14.6. The molecule has 0 amide bonds. The average Bonchev–Trinajstić information content (AvgIpc) is 2.55. The maximum atomic E-state index is 11.3. The van der Waals surface area contributed by atoms with Crippen molar-refractivity contribution < 1.29 is 14.6 Å². The van der Waals surface area contributed by atoms with Crippen molar-refractivity contribution in [2.24, 2.45) is 0 Å². The van der Waals surface area contributed by atoms with Crippen molar-refractivity contribution in [3.8, 4) is 16.9 Å². The minimum absolute atomic E-state index is 0.169. The molecule has 3 rings (SSSR count). The fourth-order valence-electron chi connectivity index (χ4n) is 2.58. The molecule has 0 saturated carbocycles. The van der Waals surface area contributed by atoms with E-state index in [1.54, 1.807) is 31.5 Å². The Bertz CT molecular complexity index is 973. The highest BCUT2D eigenvalue weighted by Gasteiger charge is 2.18. The van der Waals surface area contributed by atoms with Crippen molar-refractivity contribution in [2.45, 2.75) is 6.92 Å². The maximum Gasteiger partial charge on any atom is 0.335 e. The molecule has 0 fully saturated rings. The van der Waals surface area contributed by atoms with E-state index < -0.39 is 5.97 Å². The van der Waals surface area contributed by atoms with E-state index in [-0.39, 0.29) is 11.5 Å². The first-order valence-electron chi connectivity index (χ1n) is 7.05. The Balaban J connectivity index is 2.36. The highest BCUT2D eigenvalue weighted by Crippen LogP contribution is 2.42. The normalized spacial score (nSPS) is 10.8. The van der Waals surface area contributed by atoms with Crippen LogP contribution in [0.5, 0.6) is 5.75 Å². The molecule has 1 aromatic heterocycles. The number of nitrogens with two attached hydrogens (primary N) is 1. The monoisotopic (exact) mass is 387 g/mol. The Labute approximate surface area is 146 Å². The number of ether oxygens (including phenoxy) is 1. The summed E-state index contributed by atoms with van der Waals surface area (Å²) >= 11 is 3.51. The third kappa shape index (κ3) is 2.67. The van der Waals surface area contributed by atoms with E-state index in [4.69, 9.17) is 10.5 Å². The molecule has 0 aliphatic carbocycles. The predicted octanol–water partition coefficient (Wildman–Crippen LogP) is 3.66. The van der Waals surface area contributed by atoms with Crippen LogP contribution < -0.4 is 10.5 Å². The standard InChI is InChI=1S/C17H14BrN3O3/c1-8-3-4-9(16(22)23)5-11(8)12-6-10-7-20-17(19)21-14(10)13(18)15(12)24-2/h3-7H,1-2H3,(H,22,23)(H2,19,20,21). The van der Waals surface area contributed by atoms with Gasteiger partial charge in [-0.2, -0.15) is 0 Å². The van der Waals surface area contributed by atoms with Crippen LogP contribution in [-0.2, 0) is 0 Å². The first-order chi connectivity index (χ1) is 11.4. The van der Waals surface area contributed by atoms with Crippen molar-refractivity contribution in [1.82, 2.24) is 9.97 Å². The van der Waals surface area contributed by atoms with Gasteiger partial charge in [-0.15, -0.1) is 0 Å². The van der Waals surface area contributed by atoms with E-state index >= 15 is 0 Å². The lowest BCUT2D eigenvalue weighted by Crippen LogP contribution is -2.00. The van der Waals surface area contributed by atoms with Crippen molar-refractivity contribution in [3.05, 3.63) is 46.1 Å². The van der Waals surface area contributed by atoms with Gasteiger partial charge in [0.15, 0.2) is 0 Å². The second-order valence-electron chi connectivity index (χ2n) is 5.27. The van der Waals surface area contributed by atoms with Crippen LogP contribution in [0.1, 0.15) is 15.9 Å². The molecule has 6 nitrogen and oxygen atoms in total. The van der Waals surface area contributed by atoms with Crippen LogP contribution in [0, 0.1) is 6.92 Å². The highest BCUT2D eigenvalue weighted by molar-refractivity contribution is 9.10. The molecule has 122 valence electrons.